The molecule has 1 aliphatic heterocycles. The quantitative estimate of drug-likeness (QED) is 0.336. The van der Waals surface area contributed by atoms with Crippen LogP contribution in [0.2, 0.25) is 5.82 Å². The molecule has 0 aliphatic carbocycles. The first kappa shape index (κ1) is 24.2. The summed E-state index contributed by atoms with van der Waals surface area (Å²) >= 11 is 1.12. The van der Waals surface area contributed by atoms with Gasteiger partial charge in [-0.15, -0.1) is 11.3 Å². The Balaban J connectivity index is 1.55. The Hall–Kier alpha value is -3.97. The largest absolute Gasteiger partial charge is 0.535 e. The molecule has 0 spiro atoms. The van der Waals surface area contributed by atoms with E-state index in [1.165, 1.54) is 31.5 Å². The first-order valence-electron chi connectivity index (χ1n) is 10.5. The number of aromatic nitrogens is 2. The lowest BCUT2D eigenvalue weighted by Crippen LogP contribution is -2.39. The highest BCUT2D eigenvalue weighted by Crippen LogP contribution is 2.37. The Morgan fingerprint density at radius 1 is 1.37 bits per heavy atom. The average Bonchev–Trinajstić information content (AvgIpc) is 3.28. The highest BCUT2D eigenvalue weighted by Gasteiger charge is 2.39. The van der Waals surface area contributed by atoms with Gasteiger partial charge >= 0.3 is 13.1 Å². The van der Waals surface area contributed by atoms with Crippen LogP contribution in [0.1, 0.15) is 44.4 Å². The highest BCUT2D eigenvalue weighted by molar-refractivity contribution is 7.13. The number of para-hydroxylation sites is 1. The number of ketones is 1. The van der Waals surface area contributed by atoms with Crippen molar-refractivity contribution in [2.45, 2.75) is 24.7 Å². The van der Waals surface area contributed by atoms with E-state index in [1.54, 1.807) is 17.5 Å². The molecule has 0 fully saturated rings. The van der Waals surface area contributed by atoms with Crippen molar-refractivity contribution in [3.05, 3.63) is 64.3 Å². The van der Waals surface area contributed by atoms with Crippen molar-refractivity contribution in [1.29, 1.82) is 0 Å². The number of hydrogen-bond donors (Lipinski definition) is 4. The van der Waals surface area contributed by atoms with Gasteiger partial charge in [-0.05, 0) is 24.1 Å². The molecule has 1 aromatic carbocycles. The number of benzene rings is 1. The number of pyridine rings is 1. The summed E-state index contributed by atoms with van der Waals surface area (Å²) in [6.07, 6.45) is 1.45. The minimum absolute atomic E-state index is 0.0674. The monoisotopic (exact) mass is 496 g/mol. The Morgan fingerprint density at radius 2 is 2.17 bits per heavy atom. The molecular formula is C22H21BN4O7S. The van der Waals surface area contributed by atoms with E-state index in [4.69, 9.17) is 15.1 Å². The van der Waals surface area contributed by atoms with Crippen molar-refractivity contribution >= 4 is 41.2 Å². The Bertz CT molecular complexity index is 1280. The SMILES string of the molecule is COc1cc(C(=O)NC(C(=O)C[C@H]2Cc3cccc(C(=O)O)c3OB2O)c2csc(N)n2)ccn1. The molecule has 3 aromatic rings. The third-order valence-corrected chi connectivity index (χ3v) is 6.25. The summed E-state index contributed by atoms with van der Waals surface area (Å²) < 4.78 is 10.5. The smallest absolute Gasteiger partial charge is 0.526 e. The van der Waals surface area contributed by atoms with Gasteiger partial charge in [0.1, 0.15) is 11.8 Å². The van der Waals surface area contributed by atoms with Crippen LogP contribution in [0.15, 0.2) is 41.9 Å². The molecule has 3 heterocycles. The molecule has 1 amide bonds. The summed E-state index contributed by atoms with van der Waals surface area (Å²) in [7, 11) is 0.0111. The molecule has 0 saturated heterocycles. The molecule has 35 heavy (non-hydrogen) atoms. The second kappa shape index (κ2) is 10.1. The van der Waals surface area contributed by atoms with Crippen LogP contribution in [0.4, 0.5) is 5.13 Å². The normalized spacial score (nSPS) is 15.5. The lowest BCUT2D eigenvalue weighted by atomic mass is 9.64. The number of nitrogens with one attached hydrogen (secondary N) is 1. The van der Waals surface area contributed by atoms with Gasteiger partial charge in [0.25, 0.3) is 5.91 Å². The number of anilines is 1. The molecule has 1 aliphatic rings. The van der Waals surface area contributed by atoms with Gasteiger partial charge < -0.3 is 30.6 Å². The lowest BCUT2D eigenvalue weighted by Gasteiger charge is -2.28. The number of methoxy groups -OCH3 is 1. The fourth-order valence-electron chi connectivity index (χ4n) is 3.83. The zero-order chi connectivity index (χ0) is 25.1. The summed E-state index contributed by atoms with van der Waals surface area (Å²) in [6.45, 7) is 0. The number of carboxylic acid groups (broad SMARTS) is 1. The summed E-state index contributed by atoms with van der Waals surface area (Å²) in [5, 5.41) is 24.4. The molecule has 2 atom stereocenters. The number of thiazole rings is 1. The molecule has 11 nitrogen and oxygen atoms in total. The molecule has 2 aromatic heterocycles. The number of aromatic carboxylic acids is 1. The molecule has 0 saturated carbocycles. The van der Waals surface area contributed by atoms with Crippen molar-refractivity contribution in [2.75, 3.05) is 12.8 Å². The number of carbonyl (C=O) groups excluding carboxylic acids is 2. The predicted octanol–water partition coefficient (Wildman–Crippen LogP) is 1.74. The fraction of sp³-hybridized carbons (Fsp3) is 0.227. The van der Waals surface area contributed by atoms with Crippen LogP contribution in [-0.4, -0.2) is 52.0 Å². The molecule has 5 N–H and O–H groups in total. The first-order valence-corrected chi connectivity index (χ1v) is 11.4. The van der Waals surface area contributed by atoms with E-state index >= 15 is 0 Å². The van der Waals surface area contributed by atoms with E-state index in [0.29, 0.717) is 5.56 Å². The van der Waals surface area contributed by atoms with Gasteiger partial charge in [0, 0.05) is 35.4 Å². The first-order chi connectivity index (χ1) is 16.8. The van der Waals surface area contributed by atoms with E-state index < -0.39 is 36.6 Å². The number of hydrogen-bond acceptors (Lipinski definition) is 10. The molecule has 180 valence electrons. The van der Waals surface area contributed by atoms with Gasteiger partial charge in [0.2, 0.25) is 5.88 Å². The predicted molar refractivity (Wildman–Crippen MR) is 127 cm³/mol. The van der Waals surface area contributed by atoms with Crippen LogP contribution >= 0.6 is 11.3 Å². The third-order valence-electron chi connectivity index (χ3n) is 5.55. The van der Waals surface area contributed by atoms with Crippen LogP contribution in [0.3, 0.4) is 0 Å². The van der Waals surface area contributed by atoms with Crippen molar-refractivity contribution in [1.82, 2.24) is 15.3 Å². The number of ether oxygens (including phenoxy) is 1. The van der Waals surface area contributed by atoms with Gasteiger partial charge in [-0.3, -0.25) is 9.59 Å². The summed E-state index contributed by atoms with van der Waals surface area (Å²) in [4.78, 5) is 45.8. The Morgan fingerprint density at radius 3 is 2.86 bits per heavy atom. The molecule has 0 bridgehead atoms. The average molecular weight is 496 g/mol. The van der Waals surface area contributed by atoms with E-state index in [2.05, 4.69) is 15.3 Å². The second-order valence-electron chi connectivity index (χ2n) is 7.85. The zero-order valence-corrected chi connectivity index (χ0v) is 19.3. The number of nitrogens with zero attached hydrogens (tertiary/aromatic N) is 2. The number of nitrogen functional groups attached to an aromatic ring is 1. The standard InChI is InChI=1S/C22H21BN4O7S/c1-33-17-8-12(5-6-25-17)20(29)27-18(15-10-35-22(24)26-15)16(28)9-13-7-11-3-2-4-14(21(30)31)19(11)34-23(13)32/h2-6,8,10,13,18,32H,7,9H2,1H3,(H2,24,26)(H,27,29)(H,30,31)/t13-,18?/m1/s1. The summed E-state index contributed by atoms with van der Waals surface area (Å²) in [5.74, 6) is -2.50. The molecule has 1 unspecified atom stereocenters. The van der Waals surface area contributed by atoms with Gasteiger partial charge in [-0.2, -0.15) is 0 Å². The number of amides is 1. The Labute approximate surface area is 204 Å². The van der Waals surface area contributed by atoms with Crippen LogP contribution in [0.25, 0.3) is 0 Å². The number of fused-ring (bicyclic) bond motifs is 1. The zero-order valence-electron chi connectivity index (χ0n) is 18.5. The van der Waals surface area contributed by atoms with Gasteiger partial charge in [0.15, 0.2) is 10.9 Å². The lowest BCUT2D eigenvalue weighted by molar-refractivity contribution is -0.121. The van der Waals surface area contributed by atoms with E-state index in [1.807, 2.05) is 0 Å². The topological polar surface area (TPSA) is 174 Å². The number of carbonyl (C=O) groups is 3. The molecule has 4 rings (SSSR count). The maximum Gasteiger partial charge on any atom is 0.526 e. The minimum Gasteiger partial charge on any atom is -0.535 e. The maximum atomic E-state index is 13.4. The van der Waals surface area contributed by atoms with E-state index in [-0.39, 0.29) is 46.4 Å². The van der Waals surface area contributed by atoms with Gasteiger partial charge in [-0.1, -0.05) is 12.1 Å². The van der Waals surface area contributed by atoms with Crippen LogP contribution in [0.5, 0.6) is 11.6 Å². The van der Waals surface area contributed by atoms with Crippen LogP contribution < -0.4 is 20.4 Å². The van der Waals surface area contributed by atoms with Gasteiger partial charge in [0.05, 0.1) is 18.4 Å². The number of rotatable bonds is 8. The van der Waals surface area contributed by atoms with Crippen molar-refractivity contribution in [2.24, 2.45) is 0 Å². The van der Waals surface area contributed by atoms with Crippen molar-refractivity contribution < 1.29 is 33.9 Å². The Kier molecular flexibility index (Phi) is 6.98. The molecule has 13 heteroatoms. The van der Waals surface area contributed by atoms with Crippen LogP contribution in [0, 0.1) is 0 Å². The number of Topliss-reactive ketones (excluding diaryl/α,β-unsaturated/α-hetero) is 1. The second-order valence-corrected chi connectivity index (χ2v) is 8.74. The summed E-state index contributed by atoms with van der Waals surface area (Å²) in [6, 6.07) is 6.42. The molecule has 0 radical (unpaired) electrons. The third kappa shape index (κ3) is 5.25. The van der Waals surface area contributed by atoms with Crippen molar-refractivity contribution in [3.63, 3.8) is 0 Å². The summed E-state index contributed by atoms with van der Waals surface area (Å²) in [5.41, 5.74) is 6.74. The fourth-order valence-corrected chi connectivity index (χ4v) is 4.42. The van der Waals surface area contributed by atoms with Crippen molar-refractivity contribution in [3.8, 4) is 11.6 Å². The molecular weight excluding hydrogens is 475 g/mol. The highest BCUT2D eigenvalue weighted by atomic mass is 32.1. The maximum absolute atomic E-state index is 13.4. The number of nitrogens with two attached hydrogens (primary N) is 1. The van der Waals surface area contributed by atoms with E-state index in [0.717, 1.165) is 11.3 Å². The van der Waals surface area contributed by atoms with Gasteiger partial charge in [-0.25, -0.2) is 14.8 Å². The number of carboxylic acids is 1. The van der Waals surface area contributed by atoms with Crippen LogP contribution in [-0.2, 0) is 11.2 Å². The van der Waals surface area contributed by atoms with E-state index in [9.17, 15) is 24.5 Å². The minimum atomic E-state index is -1.41.